The van der Waals surface area contributed by atoms with Crippen molar-refractivity contribution in [1.82, 2.24) is 9.71 Å². The number of nitrogens with two attached hydrogens (primary N) is 2. The molecule has 0 spiro atoms. The minimum Gasteiger partial charge on any atom is -0.459 e. The fraction of sp³-hybridized carbons (Fsp3) is 0.261. The summed E-state index contributed by atoms with van der Waals surface area (Å²) in [5.74, 6) is -0.814. The number of hydrogen-bond acceptors (Lipinski definition) is 6. The highest BCUT2D eigenvalue weighted by Gasteiger charge is 2.30. The lowest BCUT2D eigenvalue weighted by Crippen LogP contribution is -2.45. The summed E-state index contributed by atoms with van der Waals surface area (Å²) in [7, 11) is -4.16. The molecule has 0 aliphatic heterocycles. The predicted octanol–water partition coefficient (Wildman–Crippen LogP) is 3.02. The number of fused-ring (bicyclic) bond motifs is 1. The van der Waals surface area contributed by atoms with Crippen LogP contribution < -0.4 is 16.2 Å². The average molecular weight is 504 g/mol. The monoisotopic (exact) mass is 503 g/mol. The van der Waals surface area contributed by atoms with Gasteiger partial charge < -0.3 is 16.2 Å². The molecule has 0 radical (unpaired) electrons. The lowest BCUT2D eigenvalue weighted by Gasteiger charge is -2.24. The lowest BCUT2D eigenvalue weighted by atomic mass is 10.1. The van der Waals surface area contributed by atoms with Crippen LogP contribution in [0.3, 0.4) is 0 Å². The number of carbonyl (C=O) groups excluding carboxylic acids is 1. The Kier molecular flexibility index (Phi) is 7.44. The zero-order chi connectivity index (χ0) is 25.1. The number of guanidine groups is 1. The molecule has 0 amide bonds. The van der Waals surface area contributed by atoms with Crippen LogP contribution in [0, 0.1) is 0 Å². The summed E-state index contributed by atoms with van der Waals surface area (Å²) in [4.78, 5) is 20.8. The van der Waals surface area contributed by atoms with Gasteiger partial charge in [0.1, 0.15) is 11.6 Å². The number of aromatic nitrogens is 1. The lowest BCUT2D eigenvalue weighted by molar-refractivity contribution is -0.156. The number of pyridine rings is 1. The molecule has 0 aliphatic rings. The Morgan fingerprint density at radius 1 is 1.15 bits per heavy atom. The molecule has 11 heteroatoms. The summed E-state index contributed by atoms with van der Waals surface area (Å²) in [5, 5.41) is 1.15. The maximum atomic E-state index is 13.3. The van der Waals surface area contributed by atoms with Crippen LogP contribution >= 0.6 is 11.6 Å². The Morgan fingerprint density at radius 3 is 2.44 bits per heavy atom. The van der Waals surface area contributed by atoms with Gasteiger partial charge in [-0.25, -0.2) is 13.4 Å². The van der Waals surface area contributed by atoms with E-state index in [9.17, 15) is 13.2 Å². The van der Waals surface area contributed by atoms with Crippen molar-refractivity contribution in [2.75, 3.05) is 0 Å². The molecule has 0 saturated heterocycles. The topological polar surface area (TPSA) is 150 Å². The Labute approximate surface area is 203 Å². The standard InChI is InChI=1S/C23H26ClN5O4S/c1-23(2,3)33-21(30)19(11-14-7-5-4-6-8-14)29-34(31,32)15-9-10-16-17(12-15)20(28-22(25)26)27-13-18(16)24/h4-10,12-13,19,29H,11H2,1-3H3,(H4,25,26,27,28)/t19-/m0/s1. The highest BCUT2D eigenvalue weighted by atomic mass is 35.5. The van der Waals surface area contributed by atoms with Crippen LogP contribution in [0.15, 0.2) is 64.6 Å². The summed E-state index contributed by atoms with van der Waals surface area (Å²) in [5.41, 5.74) is 10.9. The maximum absolute atomic E-state index is 13.3. The Hall–Kier alpha value is -3.21. The molecule has 34 heavy (non-hydrogen) atoms. The number of rotatable bonds is 7. The third kappa shape index (κ3) is 6.43. The quantitative estimate of drug-likeness (QED) is 0.255. The number of sulfonamides is 1. The van der Waals surface area contributed by atoms with E-state index < -0.39 is 27.6 Å². The second-order valence-electron chi connectivity index (χ2n) is 8.57. The number of benzene rings is 2. The van der Waals surface area contributed by atoms with Gasteiger partial charge in [-0.1, -0.05) is 48.0 Å². The minimum atomic E-state index is -4.16. The average Bonchev–Trinajstić information content (AvgIpc) is 2.74. The number of hydrogen-bond donors (Lipinski definition) is 3. The first-order valence-electron chi connectivity index (χ1n) is 10.3. The Bertz CT molecular complexity index is 1330. The molecule has 0 bridgehead atoms. The van der Waals surface area contributed by atoms with Crippen molar-refractivity contribution in [1.29, 1.82) is 0 Å². The van der Waals surface area contributed by atoms with Crippen molar-refractivity contribution in [3.05, 3.63) is 65.3 Å². The second-order valence-corrected chi connectivity index (χ2v) is 10.7. The first kappa shape index (κ1) is 25.4. The molecule has 5 N–H and O–H groups in total. The van der Waals surface area contributed by atoms with Crippen molar-refractivity contribution in [2.45, 2.75) is 43.7 Å². The molecule has 9 nitrogen and oxygen atoms in total. The smallest absolute Gasteiger partial charge is 0.325 e. The Morgan fingerprint density at radius 2 is 1.82 bits per heavy atom. The normalized spacial score (nSPS) is 12.8. The van der Waals surface area contributed by atoms with Gasteiger partial charge in [-0.3, -0.25) is 4.79 Å². The van der Waals surface area contributed by atoms with Gasteiger partial charge >= 0.3 is 5.97 Å². The van der Waals surface area contributed by atoms with Gasteiger partial charge in [0.05, 0.1) is 9.92 Å². The number of esters is 1. The number of carbonyl (C=O) groups is 1. The van der Waals surface area contributed by atoms with Gasteiger partial charge in [0, 0.05) is 17.0 Å². The fourth-order valence-corrected chi connectivity index (χ4v) is 4.63. The van der Waals surface area contributed by atoms with E-state index in [2.05, 4.69) is 14.7 Å². The SMILES string of the molecule is CC(C)(C)OC(=O)[C@H](Cc1ccccc1)NS(=O)(=O)c1ccc2c(Cl)cnc(N=C(N)N)c2c1. The molecule has 0 unspecified atom stereocenters. The maximum Gasteiger partial charge on any atom is 0.325 e. The number of nitrogens with zero attached hydrogens (tertiary/aromatic N) is 2. The van der Waals surface area contributed by atoms with E-state index in [1.165, 1.54) is 24.4 Å². The van der Waals surface area contributed by atoms with Gasteiger partial charge in [-0.15, -0.1) is 0 Å². The zero-order valence-corrected chi connectivity index (χ0v) is 20.5. The van der Waals surface area contributed by atoms with Crippen LogP contribution in [-0.4, -0.2) is 37.0 Å². The van der Waals surface area contributed by atoms with Gasteiger partial charge in [0.2, 0.25) is 10.0 Å². The summed E-state index contributed by atoms with van der Waals surface area (Å²) in [6.07, 6.45) is 1.48. The largest absolute Gasteiger partial charge is 0.459 e. The van der Waals surface area contributed by atoms with Gasteiger partial charge in [0.25, 0.3) is 0 Å². The van der Waals surface area contributed by atoms with Crippen molar-refractivity contribution >= 4 is 50.1 Å². The molecule has 0 aliphatic carbocycles. The van der Waals surface area contributed by atoms with E-state index in [-0.39, 0.29) is 23.1 Å². The van der Waals surface area contributed by atoms with Gasteiger partial charge in [-0.2, -0.15) is 9.71 Å². The summed E-state index contributed by atoms with van der Waals surface area (Å²) < 4.78 is 34.6. The fourth-order valence-electron chi connectivity index (χ4n) is 3.20. The summed E-state index contributed by atoms with van der Waals surface area (Å²) >= 11 is 6.21. The third-order valence-corrected chi connectivity index (χ3v) is 6.38. The first-order chi connectivity index (χ1) is 15.9. The van der Waals surface area contributed by atoms with Gasteiger partial charge in [-0.05, 0) is 44.9 Å². The molecule has 1 aromatic heterocycles. The van der Waals surface area contributed by atoms with E-state index in [1.807, 2.05) is 6.07 Å². The van der Waals surface area contributed by atoms with Crippen molar-refractivity contribution < 1.29 is 17.9 Å². The molecule has 180 valence electrons. The first-order valence-corrected chi connectivity index (χ1v) is 12.2. The van der Waals surface area contributed by atoms with E-state index >= 15 is 0 Å². The zero-order valence-electron chi connectivity index (χ0n) is 18.9. The molecule has 2 aromatic carbocycles. The molecular formula is C23H26ClN5O4S. The summed E-state index contributed by atoms with van der Waals surface area (Å²) in [6, 6.07) is 12.2. The number of nitrogens with one attached hydrogen (secondary N) is 1. The van der Waals surface area contributed by atoms with Crippen molar-refractivity contribution in [3.63, 3.8) is 0 Å². The van der Waals surface area contributed by atoms with Crippen molar-refractivity contribution in [3.8, 4) is 0 Å². The number of aliphatic imine (C=N–C) groups is 1. The molecule has 3 aromatic rings. The van der Waals surface area contributed by atoms with E-state index in [1.54, 1.807) is 45.0 Å². The highest BCUT2D eigenvalue weighted by Crippen LogP contribution is 2.31. The van der Waals surface area contributed by atoms with Crippen molar-refractivity contribution in [2.24, 2.45) is 16.5 Å². The predicted molar refractivity (Wildman–Crippen MR) is 132 cm³/mol. The molecular weight excluding hydrogens is 478 g/mol. The van der Waals surface area contributed by atoms with Crippen LogP contribution in [0.5, 0.6) is 0 Å². The molecule has 3 rings (SSSR count). The molecule has 0 fully saturated rings. The van der Waals surface area contributed by atoms with Crippen LogP contribution in [0.25, 0.3) is 10.8 Å². The third-order valence-electron chi connectivity index (χ3n) is 4.61. The Balaban J connectivity index is 2.02. The highest BCUT2D eigenvalue weighted by molar-refractivity contribution is 7.89. The molecule has 1 heterocycles. The minimum absolute atomic E-state index is 0.106. The van der Waals surface area contributed by atoms with E-state index in [0.717, 1.165) is 5.56 Å². The van der Waals surface area contributed by atoms with Crippen LogP contribution in [0.1, 0.15) is 26.3 Å². The summed E-state index contributed by atoms with van der Waals surface area (Å²) in [6.45, 7) is 5.14. The second kappa shape index (κ2) is 9.96. The molecule has 1 atom stereocenters. The van der Waals surface area contributed by atoms with Gasteiger partial charge in [0.15, 0.2) is 11.8 Å². The molecule has 0 saturated carbocycles. The van der Waals surface area contributed by atoms with Crippen LogP contribution in [-0.2, 0) is 26.0 Å². The van der Waals surface area contributed by atoms with E-state index in [4.69, 9.17) is 27.8 Å². The number of halogens is 1. The van der Waals surface area contributed by atoms with E-state index in [0.29, 0.717) is 15.8 Å². The van der Waals surface area contributed by atoms with Crippen LogP contribution in [0.4, 0.5) is 5.82 Å². The number of ether oxygens (including phenoxy) is 1. The van der Waals surface area contributed by atoms with Crippen LogP contribution in [0.2, 0.25) is 5.02 Å².